The van der Waals surface area contributed by atoms with E-state index in [1.54, 1.807) is 36.4 Å². The standard InChI is InChI=1S/C26H22N2O8S/c1-15-4-3-5-17(10-15)27-23(29)13-28-24(30)22(37-26(28)33)12-16-6-8-19(21(11-16)34-2)35-14-18-7-9-20(36-18)25(31)32/h3-12H,13-14H2,1-2H3,(H,27,29)(H,31,32)/b22-12-. The van der Waals surface area contributed by atoms with Gasteiger partial charge >= 0.3 is 5.97 Å². The highest BCUT2D eigenvalue weighted by molar-refractivity contribution is 8.18. The summed E-state index contributed by atoms with van der Waals surface area (Å²) in [4.78, 5) is 49.7. The number of nitrogens with one attached hydrogen (secondary N) is 1. The van der Waals surface area contributed by atoms with Gasteiger partial charge in [0.05, 0.1) is 12.0 Å². The highest BCUT2D eigenvalue weighted by Crippen LogP contribution is 2.35. The van der Waals surface area contributed by atoms with E-state index >= 15 is 0 Å². The van der Waals surface area contributed by atoms with Gasteiger partial charge in [-0.3, -0.25) is 19.3 Å². The number of ether oxygens (including phenoxy) is 2. The van der Waals surface area contributed by atoms with Crippen LogP contribution >= 0.6 is 11.8 Å². The van der Waals surface area contributed by atoms with E-state index in [1.165, 1.54) is 25.3 Å². The molecule has 0 spiro atoms. The Balaban J connectivity index is 1.42. The number of furan rings is 1. The van der Waals surface area contributed by atoms with Gasteiger partial charge < -0.3 is 24.3 Å². The fourth-order valence-electron chi connectivity index (χ4n) is 3.47. The second-order valence-electron chi connectivity index (χ2n) is 7.96. The average molecular weight is 523 g/mol. The van der Waals surface area contributed by atoms with Crippen LogP contribution in [-0.2, 0) is 16.2 Å². The number of hydrogen-bond acceptors (Lipinski definition) is 8. The van der Waals surface area contributed by atoms with Gasteiger partial charge in [-0.25, -0.2) is 4.79 Å². The predicted octanol–water partition coefficient (Wildman–Crippen LogP) is 4.55. The normalized spacial score (nSPS) is 14.2. The third kappa shape index (κ3) is 6.19. The van der Waals surface area contributed by atoms with Crippen LogP contribution in [0.5, 0.6) is 11.5 Å². The molecule has 2 heterocycles. The Morgan fingerprint density at radius 3 is 2.62 bits per heavy atom. The molecule has 1 aromatic heterocycles. The number of nitrogens with zero attached hydrogens (tertiary/aromatic N) is 1. The number of carboxylic acid groups (broad SMARTS) is 1. The van der Waals surface area contributed by atoms with Crippen molar-refractivity contribution < 1.29 is 38.2 Å². The molecule has 0 atom stereocenters. The number of anilines is 1. The maximum atomic E-state index is 12.8. The lowest BCUT2D eigenvalue weighted by Crippen LogP contribution is -2.36. The number of amides is 3. The summed E-state index contributed by atoms with van der Waals surface area (Å²) in [7, 11) is 1.45. The van der Waals surface area contributed by atoms with Crippen molar-refractivity contribution in [2.24, 2.45) is 0 Å². The Morgan fingerprint density at radius 1 is 1.11 bits per heavy atom. The predicted molar refractivity (Wildman–Crippen MR) is 135 cm³/mol. The molecule has 1 saturated heterocycles. The summed E-state index contributed by atoms with van der Waals surface area (Å²) in [6, 6.07) is 14.9. The van der Waals surface area contributed by atoms with Gasteiger partial charge in [0, 0.05) is 5.69 Å². The molecule has 10 nitrogen and oxygen atoms in total. The van der Waals surface area contributed by atoms with E-state index in [0.29, 0.717) is 28.5 Å². The van der Waals surface area contributed by atoms with E-state index in [-0.39, 0.29) is 17.3 Å². The minimum atomic E-state index is -1.18. The van der Waals surface area contributed by atoms with Crippen LogP contribution in [0.1, 0.15) is 27.4 Å². The smallest absolute Gasteiger partial charge is 0.371 e. The van der Waals surface area contributed by atoms with Crippen LogP contribution < -0.4 is 14.8 Å². The maximum Gasteiger partial charge on any atom is 0.371 e. The zero-order chi connectivity index (χ0) is 26.5. The fraction of sp³-hybridized carbons (Fsp3) is 0.154. The molecule has 190 valence electrons. The number of rotatable bonds is 9. The third-order valence-corrected chi connectivity index (χ3v) is 6.11. The first-order valence-electron chi connectivity index (χ1n) is 11.0. The molecule has 0 bridgehead atoms. The average Bonchev–Trinajstić information content (AvgIpc) is 3.44. The van der Waals surface area contributed by atoms with Gasteiger partial charge in [0.25, 0.3) is 11.1 Å². The lowest BCUT2D eigenvalue weighted by molar-refractivity contribution is -0.127. The van der Waals surface area contributed by atoms with Gasteiger partial charge in [-0.2, -0.15) is 0 Å². The molecule has 0 radical (unpaired) electrons. The van der Waals surface area contributed by atoms with Crippen molar-refractivity contribution in [1.82, 2.24) is 4.90 Å². The van der Waals surface area contributed by atoms with Crippen molar-refractivity contribution >= 4 is 46.5 Å². The van der Waals surface area contributed by atoms with Crippen LogP contribution in [0.4, 0.5) is 10.5 Å². The van der Waals surface area contributed by atoms with Crippen LogP contribution in [0.3, 0.4) is 0 Å². The molecule has 0 aliphatic carbocycles. The number of benzene rings is 2. The molecule has 1 aliphatic rings. The van der Waals surface area contributed by atoms with Crippen LogP contribution in [0.15, 0.2) is 63.9 Å². The Labute approximate surface area is 215 Å². The number of imide groups is 1. The number of thioether (sulfide) groups is 1. The van der Waals surface area contributed by atoms with Crippen molar-refractivity contribution in [1.29, 1.82) is 0 Å². The summed E-state index contributed by atoms with van der Waals surface area (Å²) in [6.07, 6.45) is 1.53. The van der Waals surface area contributed by atoms with Crippen LogP contribution in [0.2, 0.25) is 0 Å². The van der Waals surface area contributed by atoms with Crippen molar-refractivity contribution in [3.8, 4) is 11.5 Å². The summed E-state index contributed by atoms with van der Waals surface area (Å²) in [6.45, 7) is 1.47. The van der Waals surface area contributed by atoms with E-state index in [1.807, 2.05) is 13.0 Å². The van der Waals surface area contributed by atoms with Crippen LogP contribution in [-0.4, -0.2) is 46.7 Å². The number of methoxy groups -OCH3 is 1. The fourth-order valence-corrected chi connectivity index (χ4v) is 4.31. The summed E-state index contributed by atoms with van der Waals surface area (Å²) >= 11 is 0.743. The van der Waals surface area contributed by atoms with Gasteiger partial charge in [-0.15, -0.1) is 0 Å². The molecule has 37 heavy (non-hydrogen) atoms. The SMILES string of the molecule is COc1cc(/C=C2\SC(=O)N(CC(=O)Nc3cccc(C)c3)C2=O)ccc1OCc1ccc(C(=O)O)o1. The Bertz CT molecular complexity index is 1410. The largest absolute Gasteiger partial charge is 0.493 e. The number of carbonyl (C=O) groups is 4. The topological polar surface area (TPSA) is 135 Å². The molecule has 3 aromatic rings. The van der Waals surface area contributed by atoms with Crippen molar-refractivity contribution in [3.63, 3.8) is 0 Å². The lowest BCUT2D eigenvalue weighted by Gasteiger charge is -2.12. The highest BCUT2D eigenvalue weighted by atomic mass is 32.2. The zero-order valence-electron chi connectivity index (χ0n) is 19.8. The van der Waals surface area contributed by atoms with E-state index < -0.39 is 29.6 Å². The van der Waals surface area contributed by atoms with Crippen molar-refractivity contribution in [2.45, 2.75) is 13.5 Å². The minimum Gasteiger partial charge on any atom is -0.493 e. The first-order valence-corrected chi connectivity index (χ1v) is 11.8. The minimum absolute atomic E-state index is 0.0213. The zero-order valence-corrected chi connectivity index (χ0v) is 20.7. The monoisotopic (exact) mass is 522 g/mol. The van der Waals surface area contributed by atoms with E-state index in [4.69, 9.17) is 19.0 Å². The molecule has 11 heteroatoms. The second-order valence-corrected chi connectivity index (χ2v) is 8.95. The number of hydrogen-bond donors (Lipinski definition) is 2. The first kappa shape index (κ1) is 25.6. The van der Waals surface area contributed by atoms with E-state index in [9.17, 15) is 19.2 Å². The maximum absolute atomic E-state index is 12.8. The van der Waals surface area contributed by atoms with Gasteiger partial charge in [0.15, 0.2) is 11.5 Å². The summed E-state index contributed by atoms with van der Waals surface area (Å²) in [5.41, 5.74) is 2.12. The Morgan fingerprint density at radius 2 is 1.92 bits per heavy atom. The van der Waals surface area contributed by atoms with Crippen LogP contribution in [0.25, 0.3) is 6.08 Å². The van der Waals surface area contributed by atoms with Gasteiger partial charge in [-0.1, -0.05) is 18.2 Å². The number of carbonyl (C=O) groups excluding carboxylic acids is 3. The van der Waals surface area contributed by atoms with Crippen LogP contribution in [0, 0.1) is 6.92 Å². The van der Waals surface area contributed by atoms with E-state index in [2.05, 4.69) is 5.32 Å². The second kappa shape index (κ2) is 11.0. The number of aromatic carboxylic acids is 1. The molecule has 2 aromatic carbocycles. The molecular weight excluding hydrogens is 500 g/mol. The summed E-state index contributed by atoms with van der Waals surface area (Å²) < 4.78 is 16.2. The molecule has 3 amide bonds. The lowest BCUT2D eigenvalue weighted by atomic mass is 10.2. The van der Waals surface area contributed by atoms with Gasteiger partial charge in [0.2, 0.25) is 11.7 Å². The Hall–Kier alpha value is -4.51. The first-order chi connectivity index (χ1) is 17.7. The molecule has 0 unspecified atom stereocenters. The Kier molecular flexibility index (Phi) is 7.63. The molecule has 0 saturated carbocycles. The highest BCUT2D eigenvalue weighted by Gasteiger charge is 2.36. The molecule has 4 rings (SSSR count). The third-order valence-electron chi connectivity index (χ3n) is 5.20. The van der Waals surface area contributed by atoms with Crippen molar-refractivity contribution in [3.05, 3.63) is 82.1 Å². The van der Waals surface area contributed by atoms with E-state index in [0.717, 1.165) is 22.2 Å². The quantitative estimate of drug-likeness (QED) is 0.388. The number of aryl methyl sites for hydroxylation is 1. The molecule has 1 aliphatic heterocycles. The molecule has 2 N–H and O–H groups in total. The van der Waals surface area contributed by atoms with Crippen molar-refractivity contribution in [2.75, 3.05) is 19.0 Å². The summed E-state index contributed by atoms with van der Waals surface area (Å²) in [5.74, 6) is -1.37. The molecular formula is C26H22N2O8S. The number of carboxylic acids is 1. The summed E-state index contributed by atoms with van der Waals surface area (Å²) in [5, 5.41) is 11.1. The van der Waals surface area contributed by atoms with Gasteiger partial charge in [0.1, 0.15) is 18.9 Å². The molecule has 1 fully saturated rings. The van der Waals surface area contributed by atoms with Gasteiger partial charge in [-0.05, 0) is 72.3 Å².